The summed E-state index contributed by atoms with van der Waals surface area (Å²) >= 11 is 7.52. The fourth-order valence-corrected chi connectivity index (χ4v) is 3.71. The molecular formula is C20H23ClN2O2S. The van der Waals surface area contributed by atoms with Gasteiger partial charge in [-0.1, -0.05) is 54.1 Å². The van der Waals surface area contributed by atoms with Crippen molar-refractivity contribution >= 4 is 35.2 Å². The van der Waals surface area contributed by atoms with Gasteiger partial charge in [-0.2, -0.15) is 0 Å². The number of carbonyl (C=O) groups excluding carboxylic acids is 2. The van der Waals surface area contributed by atoms with Crippen molar-refractivity contribution in [2.45, 2.75) is 25.1 Å². The number of nitrogens with one attached hydrogen (secondary N) is 2. The molecule has 0 fully saturated rings. The predicted octanol–water partition coefficient (Wildman–Crippen LogP) is 3.80. The zero-order valence-electron chi connectivity index (χ0n) is 14.9. The summed E-state index contributed by atoms with van der Waals surface area (Å²) in [6, 6.07) is 17.1. The van der Waals surface area contributed by atoms with E-state index in [-0.39, 0.29) is 22.8 Å². The molecule has 2 amide bonds. The number of thioether (sulfide) groups is 1. The zero-order chi connectivity index (χ0) is 18.9. The Morgan fingerprint density at radius 3 is 2.27 bits per heavy atom. The van der Waals surface area contributed by atoms with E-state index in [1.165, 1.54) is 11.8 Å². The Bertz CT molecular complexity index is 722. The van der Waals surface area contributed by atoms with E-state index in [9.17, 15) is 9.59 Å². The van der Waals surface area contributed by atoms with Crippen molar-refractivity contribution in [1.29, 1.82) is 0 Å². The maximum Gasteiger partial charge on any atom is 0.242 e. The van der Waals surface area contributed by atoms with E-state index in [1.807, 2.05) is 61.5 Å². The van der Waals surface area contributed by atoms with Crippen molar-refractivity contribution in [1.82, 2.24) is 10.6 Å². The second kappa shape index (κ2) is 10.2. The van der Waals surface area contributed by atoms with Crippen LogP contribution in [0.5, 0.6) is 0 Å². The molecule has 4 nitrogen and oxygen atoms in total. The largest absolute Gasteiger partial charge is 0.355 e. The maximum atomic E-state index is 12.3. The maximum absolute atomic E-state index is 12.3. The first-order valence-corrected chi connectivity index (χ1v) is 9.93. The lowest BCUT2D eigenvalue weighted by atomic mass is 10.0. The van der Waals surface area contributed by atoms with Crippen molar-refractivity contribution in [3.8, 4) is 0 Å². The first-order valence-electron chi connectivity index (χ1n) is 8.50. The van der Waals surface area contributed by atoms with Gasteiger partial charge in [-0.25, -0.2) is 0 Å². The number of halogens is 1. The van der Waals surface area contributed by atoms with Gasteiger partial charge in [0.2, 0.25) is 11.8 Å². The normalized spacial score (nSPS) is 12.9. The van der Waals surface area contributed by atoms with Gasteiger partial charge in [0.25, 0.3) is 0 Å². The molecule has 0 aromatic heterocycles. The van der Waals surface area contributed by atoms with E-state index in [0.29, 0.717) is 11.6 Å². The molecule has 0 heterocycles. The molecule has 0 aliphatic heterocycles. The highest BCUT2D eigenvalue weighted by atomic mass is 35.5. The van der Waals surface area contributed by atoms with Gasteiger partial charge in [-0.05, 0) is 37.1 Å². The summed E-state index contributed by atoms with van der Waals surface area (Å²) in [4.78, 5) is 24.0. The molecule has 0 saturated heterocycles. The standard InChI is InChI=1S/C20H23ClN2O2S/c1-3-22-20(25)14(2)23-18(24)13-26-19(15-7-5-4-6-8-15)16-9-11-17(21)12-10-16/h4-12,14,19H,3,13H2,1-2H3,(H,22,25)(H,23,24)/t14-,19-/m0/s1. The Morgan fingerprint density at radius 1 is 1.04 bits per heavy atom. The minimum absolute atomic E-state index is 0.0130. The summed E-state index contributed by atoms with van der Waals surface area (Å²) < 4.78 is 0. The van der Waals surface area contributed by atoms with Crippen LogP contribution >= 0.6 is 23.4 Å². The highest BCUT2D eigenvalue weighted by Crippen LogP contribution is 2.35. The summed E-state index contributed by atoms with van der Waals surface area (Å²) in [6.45, 7) is 4.07. The number of carbonyl (C=O) groups is 2. The molecule has 2 atom stereocenters. The van der Waals surface area contributed by atoms with Gasteiger partial charge >= 0.3 is 0 Å². The van der Waals surface area contributed by atoms with E-state index in [1.54, 1.807) is 6.92 Å². The Hall–Kier alpha value is -1.98. The fraction of sp³-hybridized carbons (Fsp3) is 0.300. The van der Waals surface area contributed by atoms with Crippen LogP contribution in [0.1, 0.15) is 30.2 Å². The number of hydrogen-bond acceptors (Lipinski definition) is 3. The third kappa shape index (κ3) is 6.07. The van der Waals surface area contributed by atoms with Crippen molar-refractivity contribution in [2.24, 2.45) is 0 Å². The minimum Gasteiger partial charge on any atom is -0.355 e. The van der Waals surface area contributed by atoms with Crippen LogP contribution in [0.4, 0.5) is 0 Å². The molecule has 2 aromatic rings. The lowest BCUT2D eigenvalue weighted by molar-refractivity contribution is -0.127. The summed E-state index contributed by atoms with van der Waals surface area (Å²) in [5, 5.41) is 6.13. The van der Waals surface area contributed by atoms with Gasteiger partial charge in [0, 0.05) is 11.6 Å². The van der Waals surface area contributed by atoms with E-state index in [2.05, 4.69) is 10.6 Å². The Kier molecular flexibility index (Phi) is 8.01. The summed E-state index contributed by atoms with van der Waals surface area (Å²) in [5.74, 6) is -0.0850. The molecule has 0 spiro atoms. The SMILES string of the molecule is CCNC(=O)[C@H](C)NC(=O)CS[C@@H](c1ccccc1)c1ccc(Cl)cc1. The van der Waals surface area contributed by atoms with Crippen LogP contribution in [0.15, 0.2) is 54.6 Å². The van der Waals surface area contributed by atoms with E-state index < -0.39 is 6.04 Å². The Morgan fingerprint density at radius 2 is 1.65 bits per heavy atom. The molecule has 0 bridgehead atoms. The highest BCUT2D eigenvalue weighted by molar-refractivity contribution is 8.00. The van der Waals surface area contributed by atoms with Crippen LogP contribution < -0.4 is 10.6 Å². The van der Waals surface area contributed by atoms with E-state index >= 15 is 0 Å². The number of benzene rings is 2. The smallest absolute Gasteiger partial charge is 0.242 e. The summed E-state index contributed by atoms with van der Waals surface area (Å²) in [7, 11) is 0. The van der Waals surface area contributed by atoms with Gasteiger partial charge in [-0.15, -0.1) is 11.8 Å². The second-order valence-corrected chi connectivity index (χ2v) is 7.37. The molecule has 0 aliphatic carbocycles. The van der Waals surface area contributed by atoms with Crippen LogP contribution in [0.2, 0.25) is 5.02 Å². The van der Waals surface area contributed by atoms with Crippen LogP contribution in [0, 0.1) is 0 Å². The molecule has 138 valence electrons. The minimum atomic E-state index is -0.547. The van der Waals surface area contributed by atoms with Gasteiger partial charge in [-0.3, -0.25) is 9.59 Å². The quantitative estimate of drug-likeness (QED) is 0.720. The lowest BCUT2D eigenvalue weighted by Crippen LogP contribution is -2.45. The molecule has 26 heavy (non-hydrogen) atoms. The van der Waals surface area contributed by atoms with Gasteiger partial charge in [0.15, 0.2) is 0 Å². The molecule has 2 rings (SSSR count). The van der Waals surface area contributed by atoms with Crippen molar-refractivity contribution in [2.75, 3.05) is 12.3 Å². The van der Waals surface area contributed by atoms with E-state index in [0.717, 1.165) is 11.1 Å². The average molecular weight is 391 g/mol. The van der Waals surface area contributed by atoms with Crippen molar-refractivity contribution in [3.63, 3.8) is 0 Å². The second-order valence-electron chi connectivity index (χ2n) is 5.84. The summed E-state index contributed by atoms with van der Waals surface area (Å²) in [6.07, 6.45) is 0. The molecule has 0 unspecified atom stereocenters. The molecule has 6 heteroatoms. The topological polar surface area (TPSA) is 58.2 Å². The predicted molar refractivity (Wildman–Crippen MR) is 108 cm³/mol. The van der Waals surface area contributed by atoms with Gasteiger partial charge in [0.05, 0.1) is 11.0 Å². The molecule has 0 radical (unpaired) electrons. The highest BCUT2D eigenvalue weighted by Gasteiger charge is 2.19. The van der Waals surface area contributed by atoms with E-state index in [4.69, 9.17) is 11.6 Å². The first-order chi connectivity index (χ1) is 12.5. The number of amides is 2. The number of rotatable bonds is 8. The van der Waals surface area contributed by atoms with Crippen molar-refractivity contribution < 1.29 is 9.59 Å². The molecule has 0 saturated carbocycles. The number of hydrogen-bond donors (Lipinski definition) is 2. The van der Waals surface area contributed by atoms with Crippen LogP contribution in [0.25, 0.3) is 0 Å². The van der Waals surface area contributed by atoms with Crippen LogP contribution in [-0.4, -0.2) is 30.2 Å². The van der Waals surface area contributed by atoms with Gasteiger partial charge in [0.1, 0.15) is 6.04 Å². The molecule has 2 aromatic carbocycles. The lowest BCUT2D eigenvalue weighted by Gasteiger charge is -2.19. The number of likely N-dealkylation sites (N-methyl/N-ethyl adjacent to an activating group) is 1. The first kappa shape index (κ1) is 20.3. The molecular weight excluding hydrogens is 368 g/mol. The fourth-order valence-electron chi connectivity index (χ4n) is 2.49. The molecule has 2 N–H and O–H groups in total. The van der Waals surface area contributed by atoms with Crippen molar-refractivity contribution in [3.05, 3.63) is 70.7 Å². The third-order valence-corrected chi connectivity index (χ3v) is 5.34. The van der Waals surface area contributed by atoms with Gasteiger partial charge < -0.3 is 10.6 Å². The molecule has 0 aliphatic rings. The Balaban J connectivity index is 2.04. The zero-order valence-corrected chi connectivity index (χ0v) is 16.4. The van der Waals surface area contributed by atoms with Crippen LogP contribution in [0.3, 0.4) is 0 Å². The average Bonchev–Trinajstić information content (AvgIpc) is 2.64. The summed E-state index contributed by atoms with van der Waals surface area (Å²) in [5.41, 5.74) is 2.19. The third-order valence-electron chi connectivity index (χ3n) is 3.78. The van der Waals surface area contributed by atoms with Crippen LogP contribution in [-0.2, 0) is 9.59 Å². The Labute approximate surface area is 163 Å². The monoisotopic (exact) mass is 390 g/mol.